The molecule has 0 radical (unpaired) electrons. The summed E-state index contributed by atoms with van der Waals surface area (Å²) in [6.45, 7) is 2.08. The van der Waals surface area contributed by atoms with Gasteiger partial charge in [-0.05, 0) is 49.4 Å². The van der Waals surface area contributed by atoms with E-state index in [1.54, 1.807) is 24.3 Å². The Morgan fingerprint density at radius 1 is 1.00 bits per heavy atom. The van der Waals surface area contributed by atoms with Crippen LogP contribution in [0, 0.1) is 6.92 Å². The molecule has 0 fully saturated rings. The number of hydrogen-bond donors (Lipinski definition) is 3. The summed E-state index contributed by atoms with van der Waals surface area (Å²) in [5.41, 5.74) is 1.89. The van der Waals surface area contributed by atoms with Crippen LogP contribution in [0.4, 0.5) is 5.69 Å². The molecule has 0 aliphatic carbocycles. The van der Waals surface area contributed by atoms with Gasteiger partial charge in [-0.3, -0.25) is 9.59 Å². The van der Waals surface area contributed by atoms with Gasteiger partial charge >= 0.3 is 0 Å². The van der Waals surface area contributed by atoms with Crippen LogP contribution in [0.25, 0.3) is 10.9 Å². The highest BCUT2D eigenvalue weighted by Gasteiger charge is 2.20. The first-order valence-electron chi connectivity index (χ1n) is 9.02. The third-order valence-electron chi connectivity index (χ3n) is 4.50. The number of halogens is 1. The highest BCUT2D eigenvalue weighted by atomic mass is 35.5. The number of carbonyl (C=O) groups excluding carboxylic acids is 2. The van der Waals surface area contributed by atoms with Crippen molar-refractivity contribution in [1.29, 1.82) is 0 Å². The van der Waals surface area contributed by atoms with Gasteiger partial charge in [0, 0.05) is 21.5 Å². The van der Waals surface area contributed by atoms with E-state index >= 15 is 0 Å². The number of aryl methyl sites for hydroxylation is 1. The first kappa shape index (κ1) is 18.8. The maximum atomic E-state index is 12.8. The molecule has 0 saturated carbocycles. The molecule has 0 atom stereocenters. The van der Waals surface area contributed by atoms with E-state index in [9.17, 15) is 9.59 Å². The van der Waals surface area contributed by atoms with E-state index < -0.39 is 0 Å². The number of hydrogen-bond acceptors (Lipinski definition) is 3. The molecule has 0 bridgehead atoms. The molecule has 4 aromatic rings. The largest absolute Gasteiger partial charge is 0.465 e. The Labute approximate surface area is 171 Å². The van der Waals surface area contributed by atoms with Gasteiger partial charge in [0.15, 0.2) is 0 Å². The number of aromatic amines is 1. The Morgan fingerprint density at radius 2 is 1.76 bits per heavy atom. The summed E-state index contributed by atoms with van der Waals surface area (Å²) in [4.78, 5) is 28.6. The van der Waals surface area contributed by atoms with Crippen molar-refractivity contribution in [3.05, 3.63) is 88.5 Å². The molecule has 29 heavy (non-hydrogen) atoms. The summed E-state index contributed by atoms with van der Waals surface area (Å²) in [7, 11) is 0. The average Bonchev–Trinajstić information content (AvgIpc) is 3.30. The van der Waals surface area contributed by atoms with Crippen molar-refractivity contribution in [2.24, 2.45) is 0 Å². The van der Waals surface area contributed by atoms with Crippen LogP contribution in [0.5, 0.6) is 0 Å². The molecule has 146 valence electrons. The molecule has 0 spiro atoms. The fourth-order valence-electron chi connectivity index (χ4n) is 3.06. The molecule has 7 heteroatoms. The van der Waals surface area contributed by atoms with E-state index in [0.29, 0.717) is 22.0 Å². The van der Waals surface area contributed by atoms with Crippen LogP contribution in [0.15, 0.2) is 65.1 Å². The van der Waals surface area contributed by atoms with E-state index in [1.807, 2.05) is 43.3 Å². The lowest BCUT2D eigenvalue weighted by molar-refractivity contribution is 0.0944. The molecule has 0 unspecified atom stereocenters. The number of carbonyl (C=O) groups is 2. The molecule has 2 aromatic carbocycles. The van der Waals surface area contributed by atoms with Gasteiger partial charge in [-0.1, -0.05) is 29.8 Å². The van der Waals surface area contributed by atoms with Crippen LogP contribution in [-0.2, 0) is 6.54 Å². The third-order valence-corrected chi connectivity index (χ3v) is 4.75. The van der Waals surface area contributed by atoms with E-state index in [1.165, 1.54) is 0 Å². The number of aromatic nitrogens is 1. The Morgan fingerprint density at radius 3 is 2.48 bits per heavy atom. The number of para-hydroxylation sites is 1. The van der Waals surface area contributed by atoms with E-state index in [4.69, 9.17) is 16.0 Å². The molecule has 0 aliphatic heterocycles. The normalized spacial score (nSPS) is 10.8. The second-order valence-corrected chi connectivity index (χ2v) is 7.01. The third kappa shape index (κ3) is 4.02. The SMILES string of the molecule is Cc1ccc(CNC(=O)c2[nH]c3ccccc3c2NC(=O)c2ccc(Cl)cc2)o1. The number of H-pyrrole nitrogens is 1. The highest BCUT2D eigenvalue weighted by Crippen LogP contribution is 2.28. The molecule has 2 aromatic heterocycles. The molecule has 3 N–H and O–H groups in total. The lowest BCUT2D eigenvalue weighted by Gasteiger charge is -2.08. The first-order valence-corrected chi connectivity index (χ1v) is 9.40. The van der Waals surface area contributed by atoms with Gasteiger partial charge in [-0.15, -0.1) is 0 Å². The van der Waals surface area contributed by atoms with Crippen molar-refractivity contribution < 1.29 is 14.0 Å². The van der Waals surface area contributed by atoms with E-state index in [0.717, 1.165) is 16.7 Å². The second kappa shape index (κ2) is 7.85. The van der Waals surface area contributed by atoms with Crippen LogP contribution < -0.4 is 10.6 Å². The van der Waals surface area contributed by atoms with E-state index in [-0.39, 0.29) is 24.1 Å². The van der Waals surface area contributed by atoms with Crippen molar-refractivity contribution in [2.45, 2.75) is 13.5 Å². The number of fused-ring (bicyclic) bond motifs is 1. The zero-order chi connectivity index (χ0) is 20.4. The fourth-order valence-corrected chi connectivity index (χ4v) is 3.19. The Balaban J connectivity index is 1.62. The molecule has 0 saturated heterocycles. The maximum Gasteiger partial charge on any atom is 0.270 e. The lowest BCUT2D eigenvalue weighted by Crippen LogP contribution is -2.24. The molecule has 2 heterocycles. The van der Waals surface area contributed by atoms with Crippen LogP contribution in [0.2, 0.25) is 5.02 Å². The quantitative estimate of drug-likeness (QED) is 0.439. The van der Waals surface area contributed by atoms with Crippen LogP contribution in [0.3, 0.4) is 0 Å². The number of rotatable bonds is 5. The number of amides is 2. The summed E-state index contributed by atoms with van der Waals surface area (Å²) < 4.78 is 5.49. The maximum absolute atomic E-state index is 12.8. The Hall–Kier alpha value is -3.51. The fraction of sp³-hybridized carbons (Fsp3) is 0.0909. The van der Waals surface area contributed by atoms with Gasteiger partial charge in [0.05, 0.1) is 12.2 Å². The average molecular weight is 408 g/mol. The van der Waals surface area contributed by atoms with Crippen molar-refractivity contribution in [3.8, 4) is 0 Å². The van der Waals surface area contributed by atoms with Gasteiger partial charge < -0.3 is 20.0 Å². The first-order chi connectivity index (χ1) is 14.0. The monoisotopic (exact) mass is 407 g/mol. The summed E-state index contributed by atoms with van der Waals surface area (Å²) in [6, 6.07) is 17.6. The van der Waals surface area contributed by atoms with Gasteiger partial charge in [0.2, 0.25) is 0 Å². The van der Waals surface area contributed by atoms with Crippen LogP contribution in [0.1, 0.15) is 32.4 Å². The van der Waals surface area contributed by atoms with Crippen molar-refractivity contribution >= 4 is 40.0 Å². The summed E-state index contributed by atoms with van der Waals surface area (Å²) in [5, 5.41) is 6.96. The standard InChI is InChI=1S/C22H18ClN3O3/c1-13-6-11-16(29-13)12-24-22(28)20-19(17-4-2-3-5-18(17)25-20)26-21(27)14-7-9-15(23)10-8-14/h2-11,25H,12H2,1H3,(H,24,28)(H,26,27). The molecular weight excluding hydrogens is 390 g/mol. The minimum absolute atomic E-state index is 0.243. The molecule has 6 nitrogen and oxygen atoms in total. The molecule has 4 rings (SSSR count). The predicted molar refractivity (Wildman–Crippen MR) is 112 cm³/mol. The molecule has 0 aliphatic rings. The summed E-state index contributed by atoms with van der Waals surface area (Å²) in [5.74, 6) is 0.748. The predicted octanol–water partition coefficient (Wildman–Crippen LogP) is 4.91. The van der Waals surface area contributed by atoms with Crippen LogP contribution >= 0.6 is 11.6 Å². The topological polar surface area (TPSA) is 87.1 Å². The minimum Gasteiger partial charge on any atom is -0.465 e. The number of anilines is 1. The second-order valence-electron chi connectivity index (χ2n) is 6.58. The Kier molecular flexibility index (Phi) is 5.10. The minimum atomic E-state index is -0.346. The number of benzene rings is 2. The van der Waals surface area contributed by atoms with Crippen molar-refractivity contribution in [1.82, 2.24) is 10.3 Å². The summed E-state index contributed by atoms with van der Waals surface area (Å²) >= 11 is 5.89. The number of nitrogens with one attached hydrogen (secondary N) is 3. The molecular formula is C22H18ClN3O3. The van der Waals surface area contributed by atoms with Gasteiger partial charge in [-0.2, -0.15) is 0 Å². The zero-order valence-corrected chi connectivity index (χ0v) is 16.3. The zero-order valence-electron chi connectivity index (χ0n) is 15.6. The smallest absolute Gasteiger partial charge is 0.270 e. The van der Waals surface area contributed by atoms with Crippen molar-refractivity contribution in [3.63, 3.8) is 0 Å². The van der Waals surface area contributed by atoms with Crippen molar-refractivity contribution in [2.75, 3.05) is 5.32 Å². The van der Waals surface area contributed by atoms with Gasteiger partial charge in [-0.25, -0.2) is 0 Å². The molecule has 2 amide bonds. The van der Waals surface area contributed by atoms with Gasteiger partial charge in [0.1, 0.15) is 17.2 Å². The van der Waals surface area contributed by atoms with E-state index in [2.05, 4.69) is 15.6 Å². The van der Waals surface area contributed by atoms with Crippen LogP contribution in [-0.4, -0.2) is 16.8 Å². The van der Waals surface area contributed by atoms with Gasteiger partial charge in [0.25, 0.3) is 11.8 Å². The highest BCUT2D eigenvalue weighted by molar-refractivity contribution is 6.30. The number of furan rings is 1. The Bertz CT molecular complexity index is 1190. The summed E-state index contributed by atoms with van der Waals surface area (Å²) in [6.07, 6.45) is 0. The lowest BCUT2D eigenvalue weighted by atomic mass is 10.1.